The fourth-order valence-corrected chi connectivity index (χ4v) is 2.17. The van der Waals surface area contributed by atoms with Crippen LogP contribution in [-0.4, -0.2) is 53.8 Å². The van der Waals surface area contributed by atoms with Gasteiger partial charge in [-0.3, -0.25) is 0 Å². The van der Waals surface area contributed by atoms with Crippen LogP contribution in [0.2, 0.25) is 0 Å². The fraction of sp³-hybridized carbons (Fsp3) is 1.00. The van der Waals surface area contributed by atoms with Crippen molar-refractivity contribution in [2.75, 3.05) is 33.0 Å². The van der Waals surface area contributed by atoms with Gasteiger partial charge in [0.25, 0.3) is 0 Å². The van der Waals surface area contributed by atoms with E-state index in [1.807, 2.05) is 6.92 Å². The molecule has 2 heterocycles. The van der Waals surface area contributed by atoms with Gasteiger partial charge in [-0.15, -0.1) is 0 Å². The minimum Gasteiger partial charge on any atom is -0.386 e. The lowest BCUT2D eigenvalue weighted by atomic mass is 10.0. The lowest BCUT2D eigenvalue weighted by Crippen LogP contribution is -2.40. The van der Waals surface area contributed by atoms with Crippen LogP contribution in [0.3, 0.4) is 0 Å². The summed E-state index contributed by atoms with van der Waals surface area (Å²) in [5, 5.41) is 0. The summed E-state index contributed by atoms with van der Waals surface area (Å²) in [5.41, 5.74) is 0. The molecule has 1 unspecified atom stereocenters. The van der Waals surface area contributed by atoms with Crippen molar-refractivity contribution in [1.82, 2.24) is 0 Å². The van der Waals surface area contributed by atoms with Gasteiger partial charge in [0.2, 0.25) is 0 Å². The van der Waals surface area contributed by atoms with Gasteiger partial charge in [0, 0.05) is 45.1 Å². The Morgan fingerprint density at radius 3 is 2.48 bits per heavy atom. The summed E-state index contributed by atoms with van der Waals surface area (Å²) in [4.78, 5) is 0. The highest BCUT2D eigenvalue weighted by Gasteiger charge is 2.31. The van der Waals surface area contributed by atoms with Crippen molar-refractivity contribution in [3.63, 3.8) is 0 Å². The van der Waals surface area contributed by atoms with E-state index in [-0.39, 0.29) is 6.10 Å². The smallest absolute Gasteiger partial charge is 0.386 e. The van der Waals surface area contributed by atoms with Crippen molar-refractivity contribution in [2.45, 2.75) is 45.6 Å². The molecule has 0 aromatic heterocycles. The molecule has 8 heteroatoms. The van der Waals surface area contributed by atoms with Crippen LogP contribution in [-0.2, 0) is 27.9 Å². The second-order valence-corrected chi connectivity index (χ2v) is 5.57. The maximum atomic E-state index is 5.59. The molecule has 120 valence electrons. The molecule has 0 saturated carbocycles. The molecule has 2 saturated heterocycles. The summed E-state index contributed by atoms with van der Waals surface area (Å²) in [5.74, 6) is 0.401. The highest BCUT2D eigenvalue weighted by molar-refractivity contribution is 6.36. The van der Waals surface area contributed by atoms with E-state index in [1.165, 1.54) is 0 Å². The quantitative estimate of drug-likeness (QED) is 0.502. The lowest BCUT2D eigenvalue weighted by Gasteiger charge is -2.28. The predicted molar refractivity (Wildman–Crippen MR) is 79.4 cm³/mol. The van der Waals surface area contributed by atoms with E-state index in [0.717, 1.165) is 25.7 Å². The van der Waals surface area contributed by atoms with Gasteiger partial charge in [0.05, 0.1) is 0 Å². The minimum absolute atomic E-state index is 0.162. The topological polar surface area (TPSA) is 55.4 Å². The molecule has 2 fully saturated rings. The van der Waals surface area contributed by atoms with Crippen molar-refractivity contribution < 1.29 is 27.9 Å². The molecule has 0 aromatic rings. The van der Waals surface area contributed by atoms with E-state index in [0.29, 0.717) is 39.0 Å². The largest absolute Gasteiger partial charge is 0.639 e. The van der Waals surface area contributed by atoms with Crippen LogP contribution in [0, 0.1) is 5.92 Å². The molecular formula is C13H26B2O6. The van der Waals surface area contributed by atoms with Gasteiger partial charge in [-0.2, -0.15) is 0 Å². The van der Waals surface area contributed by atoms with E-state index >= 15 is 0 Å². The summed E-state index contributed by atoms with van der Waals surface area (Å²) in [6.45, 7) is 7.52. The van der Waals surface area contributed by atoms with Gasteiger partial charge < -0.3 is 27.9 Å². The van der Waals surface area contributed by atoms with Crippen LogP contribution in [0.15, 0.2) is 0 Å². The Hall–Kier alpha value is -0.110. The highest BCUT2D eigenvalue weighted by Crippen LogP contribution is 2.16. The normalized spacial score (nSPS) is 22.6. The Balaban J connectivity index is 1.48. The van der Waals surface area contributed by atoms with Gasteiger partial charge in [-0.1, -0.05) is 6.92 Å². The monoisotopic (exact) mass is 300 g/mol. The van der Waals surface area contributed by atoms with Gasteiger partial charge in [-0.05, 0) is 32.6 Å². The Bertz CT molecular complexity index is 269. The Morgan fingerprint density at radius 2 is 1.81 bits per heavy atom. The number of hydrogen-bond acceptors (Lipinski definition) is 6. The molecule has 21 heavy (non-hydrogen) atoms. The molecule has 0 radical (unpaired) electrons. The summed E-state index contributed by atoms with van der Waals surface area (Å²) >= 11 is 0. The predicted octanol–water partition coefficient (Wildman–Crippen LogP) is 1.67. The molecule has 0 amide bonds. The van der Waals surface area contributed by atoms with Crippen LogP contribution in [0.25, 0.3) is 0 Å². The summed E-state index contributed by atoms with van der Waals surface area (Å²) < 4.78 is 32.9. The SMILES string of the molecule is CCC(C)OB1OCC(CCCOB2OCCCO2)CO1. The molecule has 1 atom stereocenters. The van der Waals surface area contributed by atoms with Crippen molar-refractivity contribution in [3.8, 4) is 0 Å². The van der Waals surface area contributed by atoms with E-state index in [4.69, 9.17) is 27.9 Å². The van der Waals surface area contributed by atoms with Crippen LogP contribution in [0.1, 0.15) is 39.5 Å². The zero-order valence-corrected chi connectivity index (χ0v) is 13.1. The van der Waals surface area contributed by atoms with Crippen LogP contribution in [0.5, 0.6) is 0 Å². The number of hydrogen-bond donors (Lipinski definition) is 0. The summed E-state index contributed by atoms with van der Waals surface area (Å²) in [6, 6.07) is 0. The molecule has 0 bridgehead atoms. The van der Waals surface area contributed by atoms with Gasteiger partial charge in [-0.25, -0.2) is 0 Å². The lowest BCUT2D eigenvalue weighted by molar-refractivity contribution is -0.00320. The van der Waals surface area contributed by atoms with Crippen molar-refractivity contribution >= 4 is 14.6 Å². The second-order valence-electron chi connectivity index (χ2n) is 5.57. The summed E-state index contributed by atoms with van der Waals surface area (Å²) in [6.07, 6.45) is 4.00. The Morgan fingerprint density at radius 1 is 1.10 bits per heavy atom. The van der Waals surface area contributed by atoms with Crippen LogP contribution >= 0.6 is 0 Å². The fourth-order valence-electron chi connectivity index (χ4n) is 2.17. The maximum absolute atomic E-state index is 5.59. The van der Waals surface area contributed by atoms with E-state index < -0.39 is 14.6 Å². The standard InChI is InChI=1S/C13H26B2O6/c1-3-12(2)21-15-19-10-13(11-20-15)6-4-7-16-14-17-8-5-9-18-14/h12-13H,3-11H2,1-2H3. The third kappa shape index (κ3) is 6.67. The molecule has 0 aliphatic carbocycles. The van der Waals surface area contributed by atoms with Gasteiger partial charge in [0.15, 0.2) is 0 Å². The average Bonchev–Trinajstić information content (AvgIpc) is 2.54. The first-order valence-electron chi connectivity index (χ1n) is 8.01. The van der Waals surface area contributed by atoms with Crippen molar-refractivity contribution in [3.05, 3.63) is 0 Å². The Labute approximate surface area is 128 Å². The summed E-state index contributed by atoms with van der Waals surface area (Å²) in [7, 11) is -0.984. The number of rotatable bonds is 8. The zero-order valence-electron chi connectivity index (χ0n) is 13.1. The van der Waals surface area contributed by atoms with Gasteiger partial charge in [0.1, 0.15) is 0 Å². The van der Waals surface area contributed by atoms with E-state index in [1.54, 1.807) is 0 Å². The molecule has 0 N–H and O–H groups in total. The van der Waals surface area contributed by atoms with Crippen molar-refractivity contribution in [2.24, 2.45) is 5.92 Å². The first-order chi connectivity index (χ1) is 10.3. The van der Waals surface area contributed by atoms with Crippen LogP contribution in [0.4, 0.5) is 0 Å². The van der Waals surface area contributed by atoms with E-state index in [9.17, 15) is 0 Å². The zero-order chi connectivity index (χ0) is 14.9. The molecular weight excluding hydrogens is 274 g/mol. The van der Waals surface area contributed by atoms with Crippen molar-refractivity contribution in [1.29, 1.82) is 0 Å². The van der Waals surface area contributed by atoms with Crippen LogP contribution < -0.4 is 0 Å². The third-order valence-electron chi connectivity index (χ3n) is 3.66. The van der Waals surface area contributed by atoms with E-state index in [2.05, 4.69) is 6.92 Å². The Kier molecular flexibility index (Phi) is 8.06. The minimum atomic E-state index is -0.503. The maximum Gasteiger partial charge on any atom is 0.639 e. The van der Waals surface area contributed by atoms with Gasteiger partial charge >= 0.3 is 14.6 Å². The molecule has 0 spiro atoms. The molecule has 0 aromatic carbocycles. The first-order valence-corrected chi connectivity index (χ1v) is 8.01. The first kappa shape index (κ1) is 17.2. The highest BCUT2D eigenvalue weighted by atomic mass is 16.7. The molecule has 2 rings (SSSR count). The molecule has 6 nitrogen and oxygen atoms in total. The second kappa shape index (κ2) is 9.82. The molecule has 2 aliphatic heterocycles. The molecule has 2 aliphatic rings. The average molecular weight is 300 g/mol. The third-order valence-corrected chi connectivity index (χ3v) is 3.66.